The number of halogens is 1. The van der Waals surface area contributed by atoms with Gasteiger partial charge in [0.1, 0.15) is 12.4 Å². The number of thioether (sulfide) groups is 1. The zero-order valence-electron chi connectivity index (χ0n) is 13.7. The van der Waals surface area contributed by atoms with E-state index in [1.54, 1.807) is 57.8 Å². The number of aromatic nitrogens is 3. The van der Waals surface area contributed by atoms with Crippen molar-refractivity contribution in [2.45, 2.75) is 11.8 Å². The van der Waals surface area contributed by atoms with E-state index in [2.05, 4.69) is 10.2 Å². The quantitative estimate of drug-likeness (QED) is 0.687. The number of benzene rings is 2. The van der Waals surface area contributed by atoms with Crippen molar-refractivity contribution in [1.29, 1.82) is 0 Å². The van der Waals surface area contributed by atoms with Crippen molar-refractivity contribution >= 4 is 29.3 Å². The number of hydrogen-bond donors (Lipinski definition) is 0. The van der Waals surface area contributed by atoms with Gasteiger partial charge in [-0.1, -0.05) is 41.6 Å². The van der Waals surface area contributed by atoms with Crippen LogP contribution in [0.25, 0.3) is 0 Å². The number of amides is 1. The summed E-state index contributed by atoms with van der Waals surface area (Å²) in [6.45, 7) is 0.783. The van der Waals surface area contributed by atoms with Gasteiger partial charge in [0.05, 0.1) is 6.54 Å². The molecule has 4 rings (SSSR count). The van der Waals surface area contributed by atoms with Gasteiger partial charge in [-0.05, 0) is 36.4 Å². The summed E-state index contributed by atoms with van der Waals surface area (Å²) in [6.07, 6.45) is 0. The molecule has 132 valence electrons. The van der Waals surface area contributed by atoms with Gasteiger partial charge in [-0.2, -0.15) is 0 Å². The molecule has 2 heterocycles. The zero-order valence-corrected chi connectivity index (χ0v) is 15.3. The van der Waals surface area contributed by atoms with E-state index < -0.39 is 0 Å². The Hall–Kier alpha value is -2.51. The zero-order chi connectivity index (χ0) is 17.9. The summed E-state index contributed by atoms with van der Waals surface area (Å²) in [5.41, 5.74) is 0.628. The van der Waals surface area contributed by atoms with Gasteiger partial charge in [-0.25, -0.2) is 9.69 Å². The molecule has 1 aliphatic rings. The average Bonchev–Trinajstić information content (AvgIpc) is 3.11. The van der Waals surface area contributed by atoms with Crippen molar-refractivity contribution in [3.8, 4) is 5.75 Å². The van der Waals surface area contributed by atoms with E-state index in [1.165, 1.54) is 0 Å². The van der Waals surface area contributed by atoms with Crippen LogP contribution in [0.1, 0.15) is 16.2 Å². The van der Waals surface area contributed by atoms with Gasteiger partial charge in [0.15, 0.2) is 5.82 Å². The molecule has 0 atom stereocenters. The number of carbonyl (C=O) groups excluding carboxylic acids is 1. The molecular weight excluding hydrogens is 372 g/mol. The van der Waals surface area contributed by atoms with Crippen molar-refractivity contribution in [3.63, 3.8) is 0 Å². The van der Waals surface area contributed by atoms with Crippen molar-refractivity contribution < 1.29 is 9.53 Å². The van der Waals surface area contributed by atoms with Gasteiger partial charge in [0.2, 0.25) is 5.16 Å². The fourth-order valence-electron chi connectivity index (χ4n) is 2.64. The first-order valence-electron chi connectivity index (χ1n) is 8.05. The molecule has 1 amide bonds. The Morgan fingerprint density at radius 3 is 2.65 bits per heavy atom. The Morgan fingerprint density at radius 1 is 1.12 bits per heavy atom. The van der Waals surface area contributed by atoms with Gasteiger partial charge < -0.3 is 4.74 Å². The Bertz CT molecular complexity index is 915. The van der Waals surface area contributed by atoms with E-state index in [0.29, 0.717) is 33.9 Å². The molecule has 0 radical (unpaired) electrons. The molecule has 8 heteroatoms. The summed E-state index contributed by atoms with van der Waals surface area (Å²) in [5, 5.41) is 11.4. The third-order valence-corrected chi connectivity index (χ3v) is 5.04. The summed E-state index contributed by atoms with van der Waals surface area (Å²) < 4.78 is 7.53. The maximum Gasteiger partial charge on any atom is 0.272 e. The van der Waals surface area contributed by atoms with E-state index in [-0.39, 0.29) is 12.5 Å². The van der Waals surface area contributed by atoms with Crippen LogP contribution in [0, 0.1) is 0 Å². The van der Waals surface area contributed by atoms with Crippen molar-refractivity contribution in [2.75, 3.05) is 17.3 Å². The number of carbonyl (C=O) groups is 1. The number of fused-ring (bicyclic) bond motifs is 1. The van der Waals surface area contributed by atoms with E-state index in [1.807, 2.05) is 18.2 Å². The van der Waals surface area contributed by atoms with E-state index in [0.717, 1.165) is 5.75 Å². The third kappa shape index (κ3) is 3.40. The molecule has 0 bridgehead atoms. The SMILES string of the molecule is O=C(c1ccccc1)N1CCSc2nnc(COc3ccc(Cl)cc3)n21. The van der Waals surface area contributed by atoms with Crippen LogP contribution in [-0.4, -0.2) is 33.1 Å². The molecule has 6 nitrogen and oxygen atoms in total. The highest BCUT2D eigenvalue weighted by Gasteiger charge is 2.28. The molecule has 2 aromatic carbocycles. The van der Waals surface area contributed by atoms with Gasteiger partial charge in [0.25, 0.3) is 5.91 Å². The van der Waals surface area contributed by atoms with Crippen molar-refractivity contribution in [2.24, 2.45) is 0 Å². The predicted octanol–water partition coefficient (Wildman–Crippen LogP) is 3.39. The molecule has 0 spiro atoms. The lowest BCUT2D eigenvalue weighted by atomic mass is 10.2. The Morgan fingerprint density at radius 2 is 1.88 bits per heavy atom. The second-order valence-electron chi connectivity index (χ2n) is 5.60. The normalized spacial score (nSPS) is 13.3. The van der Waals surface area contributed by atoms with Crippen LogP contribution in [0.5, 0.6) is 5.75 Å². The highest BCUT2D eigenvalue weighted by molar-refractivity contribution is 7.99. The van der Waals surface area contributed by atoms with Gasteiger partial charge >= 0.3 is 0 Å². The summed E-state index contributed by atoms with van der Waals surface area (Å²) in [4.78, 5) is 12.9. The van der Waals surface area contributed by atoms with Crippen molar-refractivity contribution in [3.05, 3.63) is 71.0 Å². The average molecular weight is 387 g/mol. The summed E-state index contributed by atoms with van der Waals surface area (Å²) in [6, 6.07) is 16.3. The van der Waals surface area contributed by atoms with Crippen LogP contribution >= 0.6 is 23.4 Å². The monoisotopic (exact) mass is 386 g/mol. The summed E-state index contributed by atoms with van der Waals surface area (Å²) in [5.74, 6) is 1.94. The topological polar surface area (TPSA) is 60.3 Å². The third-order valence-electron chi connectivity index (χ3n) is 3.89. The molecular formula is C18H15ClN4O2S. The fourth-order valence-corrected chi connectivity index (χ4v) is 3.64. The predicted molar refractivity (Wildman–Crippen MR) is 100 cm³/mol. The first kappa shape index (κ1) is 16.9. The van der Waals surface area contributed by atoms with Crippen LogP contribution in [0.4, 0.5) is 0 Å². The molecule has 0 saturated heterocycles. The minimum Gasteiger partial charge on any atom is -0.486 e. The van der Waals surface area contributed by atoms with Gasteiger partial charge in [0, 0.05) is 16.3 Å². The summed E-state index contributed by atoms with van der Waals surface area (Å²) in [7, 11) is 0. The van der Waals surface area contributed by atoms with Crippen LogP contribution in [-0.2, 0) is 6.61 Å². The number of hydrogen-bond acceptors (Lipinski definition) is 5. The molecule has 1 aromatic heterocycles. The lowest BCUT2D eigenvalue weighted by Gasteiger charge is -2.29. The fraction of sp³-hybridized carbons (Fsp3) is 0.167. The highest BCUT2D eigenvalue weighted by Crippen LogP contribution is 2.24. The standard InChI is InChI=1S/C18H15ClN4O2S/c19-14-6-8-15(9-7-14)25-12-16-20-21-18-23(16)22(10-11-26-18)17(24)13-4-2-1-3-5-13/h1-9H,10-12H2. The molecule has 3 aromatic rings. The minimum absolute atomic E-state index is 0.0836. The first-order chi connectivity index (χ1) is 12.7. The van der Waals surface area contributed by atoms with Gasteiger partial charge in [-0.3, -0.25) is 4.79 Å². The molecule has 26 heavy (non-hydrogen) atoms. The summed E-state index contributed by atoms with van der Waals surface area (Å²) >= 11 is 7.46. The largest absolute Gasteiger partial charge is 0.486 e. The van der Waals surface area contributed by atoms with Crippen LogP contribution in [0.2, 0.25) is 5.02 Å². The molecule has 0 N–H and O–H groups in total. The first-order valence-corrected chi connectivity index (χ1v) is 9.41. The molecule has 0 unspecified atom stereocenters. The maximum atomic E-state index is 12.9. The van der Waals surface area contributed by atoms with Crippen LogP contribution in [0.3, 0.4) is 0 Å². The number of rotatable bonds is 4. The Labute approximate surface area is 159 Å². The van der Waals surface area contributed by atoms with E-state index in [4.69, 9.17) is 16.3 Å². The van der Waals surface area contributed by atoms with E-state index in [9.17, 15) is 4.79 Å². The van der Waals surface area contributed by atoms with Crippen molar-refractivity contribution in [1.82, 2.24) is 14.9 Å². The molecule has 0 aliphatic carbocycles. The number of ether oxygens (including phenoxy) is 1. The minimum atomic E-state index is -0.0836. The molecule has 0 fully saturated rings. The van der Waals surface area contributed by atoms with Crippen LogP contribution in [0.15, 0.2) is 59.8 Å². The number of nitrogens with zero attached hydrogens (tertiary/aromatic N) is 4. The molecule has 0 saturated carbocycles. The Balaban J connectivity index is 1.58. The van der Waals surface area contributed by atoms with E-state index >= 15 is 0 Å². The second kappa shape index (κ2) is 7.39. The van der Waals surface area contributed by atoms with Crippen LogP contribution < -0.4 is 9.75 Å². The van der Waals surface area contributed by atoms with Gasteiger partial charge in [-0.15, -0.1) is 10.2 Å². The maximum absolute atomic E-state index is 12.9. The molecule has 1 aliphatic heterocycles. The lowest BCUT2D eigenvalue weighted by molar-refractivity contribution is 0.0953. The second-order valence-corrected chi connectivity index (χ2v) is 7.09. The highest BCUT2D eigenvalue weighted by atomic mass is 35.5. The smallest absolute Gasteiger partial charge is 0.272 e. The lowest BCUT2D eigenvalue weighted by Crippen LogP contribution is -2.45. The Kier molecular flexibility index (Phi) is 4.81.